The van der Waals surface area contributed by atoms with Gasteiger partial charge < -0.3 is 10.4 Å². The first-order chi connectivity index (χ1) is 6.66. The number of para-hydroxylation sites is 1. The average molecular weight is 196 g/mol. The summed E-state index contributed by atoms with van der Waals surface area (Å²) in [7, 11) is 1.68. The summed E-state index contributed by atoms with van der Waals surface area (Å²) in [5, 5.41) is 22.9. The first-order valence-corrected chi connectivity index (χ1v) is 4.22. The van der Waals surface area contributed by atoms with E-state index in [2.05, 4.69) is 5.32 Å². The van der Waals surface area contributed by atoms with Crippen LogP contribution < -0.4 is 5.32 Å². The number of nitrogens with one attached hydrogen (secondary N) is 1. The van der Waals surface area contributed by atoms with Crippen molar-refractivity contribution in [1.82, 2.24) is 5.32 Å². The van der Waals surface area contributed by atoms with Crippen LogP contribution in [0.4, 0.5) is 5.69 Å². The number of benzene rings is 1. The molecule has 0 aliphatic carbocycles. The van der Waals surface area contributed by atoms with Gasteiger partial charge in [-0.1, -0.05) is 12.1 Å². The third-order valence-corrected chi connectivity index (χ3v) is 1.89. The highest BCUT2D eigenvalue weighted by Gasteiger charge is 2.18. The second kappa shape index (κ2) is 4.69. The van der Waals surface area contributed by atoms with Gasteiger partial charge in [-0.15, -0.1) is 0 Å². The maximum atomic E-state index is 10.6. The van der Waals surface area contributed by atoms with Crippen LogP contribution in [0.3, 0.4) is 0 Å². The smallest absolute Gasteiger partial charge is 0.275 e. The highest BCUT2D eigenvalue weighted by molar-refractivity contribution is 5.41. The Morgan fingerprint density at radius 3 is 2.79 bits per heavy atom. The van der Waals surface area contributed by atoms with Crippen molar-refractivity contribution in [3.63, 3.8) is 0 Å². The zero-order chi connectivity index (χ0) is 10.6. The lowest BCUT2D eigenvalue weighted by Gasteiger charge is -2.09. The van der Waals surface area contributed by atoms with Gasteiger partial charge >= 0.3 is 0 Å². The van der Waals surface area contributed by atoms with E-state index in [0.717, 1.165) is 0 Å². The Bertz CT molecular complexity index is 328. The summed E-state index contributed by atoms with van der Waals surface area (Å²) >= 11 is 0. The Labute approximate surface area is 81.5 Å². The molecule has 5 heteroatoms. The largest absolute Gasteiger partial charge is 0.387 e. The zero-order valence-electron chi connectivity index (χ0n) is 7.80. The maximum Gasteiger partial charge on any atom is 0.275 e. The van der Waals surface area contributed by atoms with Gasteiger partial charge in [0.15, 0.2) is 0 Å². The third kappa shape index (κ3) is 2.27. The zero-order valence-corrected chi connectivity index (χ0v) is 7.80. The molecule has 0 aliphatic rings. The third-order valence-electron chi connectivity index (χ3n) is 1.89. The minimum atomic E-state index is -0.846. The molecule has 0 fully saturated rings. The molecule has 0 heterocycles. The van der Waals surface area contributed by atoms with E-state index in [0.29, 0.717) is 12.1 Å². The number of rotatable bonds is 4. The van der Waals surface area contributed by atoms with Crippen LogP contribution in [0, 0.1) is 10.1 Å². The Morgan fingerprint density at radius 2 is 2.21 bits per heavy atom. The van der Waals surface area contributed by atoms with E-state index < -0.39 is 11.0 Å². The number of nitro benzene ring substituents is 1. The van der Waals surface area contributed by atoms with Crippen molar-refractivity contribution in [3.05, 3.63) is 39.9 Å². The summed E-state index contributed by atoms with van der Waals surface area (Å²) in [4.78, 5) is 10.1. The van der Waals surface area contributed by atoms with E-state index in [-0.39, 0.29) is 5.69 Å². The molecular formula is C9H12N2O3. The van der Waals surface area contributed by atoms with Crippen molar-refractivity contribution in [1.29, 1.82) is 0 Å². The Kier molecular flexibility index (Phi) is 3.55. The number of hydrogen-bond donors (Lipinski definition) is 2. The molecule has 0 bridgehead atoms. The molecule has 5 nitrogen and oxygen atoms in total. The lowest BCUT2D eigenvalue weighted by atomic mass is 10.1. The molecule has 2 N–H and O–H groups in total. The van der Waals surface area contributed by atoms with Gasteiger partial charge in [-0.25, -0.2) is 0 Å². The molecule has 1 atom stereocenters. The molecule has 76 valence electrons. The van der Waals surface area contributed by atoms with Crippen molar-refractivity contribution < 1.29 is 10.0 Å². The monoisotopic (exact) mass is 196 g/mol. The first kappa shape index (κ1) is 10.6. The highest BCUT2D eigenvalue weighted by atomic mass is 16.6. The fourth-order valence-electron chi connectivity index (χ4n) is 1.24. The minimum Gasteiger partial charge on any atom is -0.387 e. The van der Waals surface area contributed by atoms with Crippen molar-refractivity contribution in [2.75, 3.05) is 13.6 Å². The van der Waals surface area contributed by atoms with Crippen LogP contribution in [0.5, 0.6) is 0 Å². The van der Waals surface area contributed by atoms with Gasteiger partial charge in [-0.05, 0) is 13.1 Å². The lowest BCUT2D eigenvalue weighted by molar-refractivity contribution is -0.386. The van der Waals surface area contributed by atoms with E-state index in [1.54, 1.807) is 25.2 Å². The molecule has 0 amide bonds. The number of nitrogens with zero attached hydrogens (tertiary/aromatic N) is 1. The SMILES string of the molecule is CNCC(O)c1ccccc1[N+](=O)[O-]. The van der Waals surface area contributed by atoms with Gasteiger partial charge in [0.25, 0.3) is 5.69 Å². The number of aliphatic hydroxyl groups is 1. The second-order valence-electron chi connectivity index (χ2n) is 2.89. The standard InChI is InChI=1S/C9H12N2O3/c1-10-6-9(12)7-4-2-3-5-8(7)11(13)14/h2-5,9-10,12H,6H2,1H3. The topological polar surface area (TPSA) is 75.4 Å². The second-order valence-corrected chi connectivity index (χ2v) is 2.89. The van der Waals surface area contributed by atoms with E-state index >= 15 is 0 Å². The molecular weight excluding hydrogens is 184 g/mol. The molecule has 1 aromatic carbocycles. The highest BCUT2D eigenvalue weighted by Crippen LogP contribution is 2.23. The molecule has 0 radical (unpaired) electrons. The summed E-state index contributed by atoms with van der Waals surface area (Å²) in [6, 6.07) is 6.18. The molecule has 1 rings (SSSR count). The van der Waals surface area contributed by atoms with Gasteiger partial charge in [0, 0.05) is 12.6 Å². The Morgan fingerprint density at radius 1 is 1.57 bits per heavy atom. The van der Waals surface area contributed by atoms with E-state index in [1.807, 2.05) is 0 Å². The molecule has 1 aromatic rings. The number of likely N-dealkylation sites (N-methyl/N-ethyl adjacent to an activating group) is 1. The van der Waals surface area contributed by atoms with Crippen molar-refractivity contribution >= 4 is 5.69 Å². The number of nitro groups is 1. The summed E-state index contributed by atoms with van der Waals surface area (Å²) in [5.74, 6) is 0. The summed E-state index contributed by atoms with van der Waals surface area (Å²) < 4.78 is 0. The normalized spacial score (nSPS) is 12.4. The van der Waals surface area contributed by atoms with Crippen molar-refractivity contribution in [2.45, 2.75) is 6.10 Å². The van der Waals surface area contributed by atoms with Crippen LogP contribution in [0.15, 0.2) is 24.3 Å². The van der Waals surface area contributed by atoms with Gasteiger partial charge in [0.2, 0.25) is 0 Å². The van der Waals surface area contributed by atoms with Crippen LogP contribution in [-0.4, -0.2) is 23.6 Å². The molecule has 0 saturated carbocycles. The molecule has 14 heavy (non-hydrogen) atoms. The molecule has 0 aromatic heterocycles. The Hall–Kier alpha value is -1.46. The quantitative estimate of drug-likeness (QED) is 0.553. The lowest BCUT2D eigenvalue weighted by Crippen LogP contribution is -2.17. The van der Waals surface area contributed by atoms with E-state index in [4.69, 9.17) is 0 Å². The first-order valence-electron chi connectivity index (χ1n) is 4.22. The van der Waals surface area contributed by atoms with E-state index in [9.17, 15) is 15.2 Å². The van der Waals surface area contributed by atoms with Crippen LogP contribution in [0.25, 0.3) is 0 Å². The average Bonchev–Trinajstić information content (AvgIpc) is 2.18. The van der Waals surface area contributed by atoms with Gasteiger partial charge in [-0.3, -0.25) is 10.1 Å². The van der Waals surface area contributed by atoms with E-state index in [1.165, 1.54) is 6.07 Å². The van der Waals surface area contributed by atoms with Gasteiger partial charge in [-0.2, -0.15) is 0 Å². The van der Waals surface area contributed by atoms with Crippen molar-refractivity contribution in [3.8, 4) is 0 Å². The minimum absolute atomic E-state index is 0.0461. The predicted molar refractivity (Wildman–Crippen MR) is 52.0 cm³/mol. The summed E-state index contributed by atoms with van der Waals surface area (Å²) in [5.41, 5.74) is 0.294. The fraction of sp³-hybridized carbons (Fsp3) is 0.333. The van der Waals surface area contributed by atoms with Crippen LogP contribution in [0.2, 0.25) is 0 Å². The molecule has 0 aliphatic heterocycles. The number of aliphatic hydroxyl groups excluding tert-OH is 1. The molecule has 0 spiro atoms. The van der Waals surface area contributed by atoms with Crippen LogP contribution >= 0.6 is 0 Å². The predicted octanol–water partition coefficient (Wildman–Crippen LogP) is 0.848. The maximum absolute atomic E-state index is 10.6. The number of hydrogen-bond acceptors (Lipinski definition) is 4. The van der Waals surface area contributed by atoms with Crippen molar-refractivity contribution in [2.24, 2.45) is 0 Å². The van der Waals surface area contributed by atoms with Gasteiger partial charge in [0.1, 0.15) is 0 Å². The molecule has 0 saturated heterocycles. The van der Waals surface area contributed by atoms with Crippen LogP contribution in [0.1, 0.15) is 11.7 Å². The fourth-order valence-corrected chi connectivity index (χ4v) is 1.24. The Balaban J connectivity index is 3.00. The summed E-state index contributed by atoms with van der Waals surface area (Å²) in [6.07, 6.45) is -0.846. The summed E-state index contributed by atoms with van der Waals surface area (Å²) in [6.45, 7) is 0.296. The van der Waals surface area contributed by atoms with Gasteiger partial charge in [0.05, 0.1) is 16.6 Å². The molecule has 1 unspecified atom stereocenters. The van der Waals surface area contributed by atoms with Crippen LogP contribution in [-0.2, 0) is 0 Å².